The van der Waals surface area contributed by atoms with Crippen LogP contribution in [-0.2, 0) is 0 Å². The van der Waals surface area contributed by atoms with Crippen molar-refractivity contribution in [2.24, 2.45) is 0 Å². The Morgan fingerprint density at radius 2 is 1.48 bits per heavy atom. The van der Waals surface area contributed by atoms with Gasteiger partial charge < -0.3 is 14.5 Å². The molecule has 6 nitrogen and oxygen atoms in total. The summed E-state index contributed by atoms with van der Waals surface area (Å²) in [5.41, 5.74) is 2.99. The number of carbonyl (C=O) groups is 2. The van der Waals surface area contributed by atoms with Gasteiger partial charge in [-0.15, -0.1) is 11.3 Å². The monoisotopic (exact) mass is 461 g/mol. The highest BCUT2D eigenvalue weighted by Gasteiger charge is 2.37. The van der Waals surface area contributed by atoms with Crippen molar-refractivity contribution >= 4 is 23.2 Å². The van der Waals surface area contributed by atoms with Crippen molar-refractivity contribution in [2.75, 3.05) is 46.4 Å². The van der Waals surface area contributed by atoms with E-state index in [4.69, 9.17) is 4.74 Å². The molecule has 0 aliphatic carbocycles. The average Bonchev–Trinajstić information content (AvgIpc) is 3.33. The van der Waals surface area contributed by atoms with E-state index in [1.807, 2.05) is 63.7 Å². The summed E-state index contributed by atoms with van der Waals surface area (Å²) in [4.78, 5) is 32.6. The van der Waals surface area contributed by atoms with Gasteiger partial charge >= 0.3 is 0 Å². The van der Waals surface area contributed by atoms with Crippen LogP contribution in [0.5, 0.6) is 5.75 Å². The number of nitrogens with zero attached hydrogens (tertiary/aromatic N) is 3. The van der Waals surface area contributed by atoms with Crippen molar-refractivity contribution < 1.29 is 14.3 Å². The maximum atomic E-state index is 12.9. The molecule has 2 saturated heterocycles. The Hall–Kier alpha value is -3.16. The van der Waals surface area contributed by atoms with Crippen molar-refractivity contribution in [2.45, 2.75) is 6.04 Å². The van der Waals surface area contributed by atoms with E-state index in [2.05, 4.69) is 17.0 Å². The number of benzene rings is 2. The Labute approximate surface area is 198 Å². The fourth-order valence-corrected chi connectivity index (χ4v) is 5.34. The maximum absolute atomic E-state index is 12.9. The molecule has 3 aromatic rings. The quantitative estimate of drug-likeness (QED) is 0.581. The number of amides is 2. The van der Waals surface area contributed by atoms with Gasteiger partial charge in [-0.25, -0.2) is 0 Å². The number of ether oxygens (including phenoxy) is 1. The summed E-state index contributed by atoms with van der Waals surface area (Å²) in [6.45, 7) is 4.55. The molecule has 0 atom stereocenters. The third-order valence-corrected chi connectivity index (χ3v) is 7.43. The second-order valence-corrected chi connectivity index (χ2v) is 9.37. The molecule has 0 saturated carbocycles. The first-order chi connectivity index (χ1) is 16.1. The lowest BCUT2D eigenvalue weighted by Crippen LogP contribution is -2.64. The van der Waals surface area contributed by atoms with Crippen LogP contribution in [0.1, 0.15) is 20.0 Å². The van der Waals surface area contributed by atoms with E-state index in [0.717, 1.165) is 42.9 Å². The van der Waals surface area contributed by atoms with Gasteiger partial charge in [-0.2, -0.15) is 0 Å². The van der Waals surface area contributed by atoms with Crippen molar-refractivity contribution in [1.29, 1.82) is 0 Å². The first-order valence-corrected chi connectivity index (χ1v) is 12.1. The number of methoxy groups -OCH3 is 1. The van der Waals surface area contributed by atoms with Gasteiger partial charge in [0.1, 0.15) is 10.6 Å². The lowest BCUT2D eigenvalue weighted by atomic mass is 10.0. The van der Waals surface area contributed by atoms with E-state index in [-0.39, 0.29) is 11.8 Å². The average molecular weight is 462 g/mol. The van der Waals surface area contributed by atoms with E-state index in [9.17, 15) is 9.59 Å². The molecule has 33 heavy (non-hydrogen) atoms. The van der Waals surface area contributed by atoms with Gasteiger partial charge in [0.15, 0.2) is 0 Å². The molecule has 2 aliphatic rings. The fraction of sp³-hybridized carbons (Fsp3) is 0.308. The van der Waals surface area contributed by atoms with Crippen molar-refractivity contribution in [3.05, 3.63) is 76.5 Å². The zero-order chi connectivity index (χ0) is 22.8. The van der Waals surface area contributed by atoms with Crippen LogP contribution in [0.3, 0.4) is 0 Å². The molecule has 0 N–H and O–H groups in total. The largest absolute Gasteiger partial charge is 0.495 e. The Morgan fingerprint density at radius 3 is 2.15 bits per heavy atom. The molecule has 2 aromatic carbocycles. The first-order valence-electron chi connectivity index (χ1n) is 11.2. The number of carbonyl (C=O) groups excluding carboxylic acids is 2. The Kier molecular flexibility index (Phi) is 6.15. The number of rotatable bonds is 5. The van der Waals surface area contributed by atoms with Gasteiger partial charge in [0, 0.05) is 50.9 Å². The lowest BCUT2D eigenvalue weighted by Gasteiger charge is -2.48. The molecule has 1 aromatic heterocycles. The number of likely N-dealkylation sites (tertiary alicyclic amines) is 1. The van der Waals surface area contributed by atoms with Gasteiger partial charge in [-0.05, 0) is 34.7 Å². The SMILES string of the molecule is COc1ccsc1C(=O)N1CCN(C2CN(C(=O)c3ccc(-c4ccccc4)cc3)C2)CC1. The third-order valence-electron chi connectivity index (χ3n) is 6.55. The molecule has 0 unspecified atom stereocenters. The van der Waals surface area contributed by atoms with Gasteiger partial charge in [0.05, 0.1) is 7.11 Å². The van der Waals surface area contributed by atoms with E-state index >= 15 is 0 Å². The highest BCUT2D eigenvalue weighted by molar-refractivity contribution is 7.12. The predicted molar refractivity (Wildman–Crippen MR) is 130 cm³/mol. The number of hydrogen-bond acceptors (Lipinski definition) is 5. The molecular formula is C26H27N3O3S. The van der Waals surface area contributed by atoms with Crippen LogP contribution in [-0.4, -0.2) is 78.9 Å². The molecule has 7 heteroatoms. The predicted octanol–water partition coefficient (Wildman–Crippen LogP) is 3.71. The summed E-state index contributed by atoms with van der Waals surface area (Å²) >= 11 is 1.43. The minimum atomic E-state index is 0.0471. The summed E-state index contributed by atoms with van der Waals surface area (Å²) in [7, 11) is 1.60. The fourth-order valence-electron chi connectivity index (χ4n) is 4.52. The highest BCUT2D eigenvalue weighted by atomic mass is 32.1. The maximum Gasteiger partial charge on any atom is 0.267 e. The van der Waals surface area contributed by atoms with Crippen molar-refractivity contribution in [3.63, 3.8) is 0 Å². The molecule has 2 amide bonds. The van der Waals surface area contributed by atoms with Crippen LogP contribution < -0.4 is 4.74 Å². The van der Waals surface area contributed by atoms with Crippen LogP contribution in [0.15, 0.2) is 66.0 Å². The van der Waals surface area contributed by atoms with Gasteiger partial charge in [-0.3, -0.25) is 14.5 Å². The minimum Gasteiger partial charge on any atom is -0.495 e. The topological polar surface area (TPSA) is 53.1 Å². The Bertz CT molecular complexity index is 1120. The Balaban J connectivity index is 1.12. The number of thiophene rings is 1. The van der Waals surface area contributed by atoms with Crippen LogP contribution in [0, 0.1) is 0 Å². The zero-order valence-electron chi connectivity index (χ0n) is 18.6. The second-order valence-electron chi connectivity index (χ2n) is 8.45. The Morgan fingerprint density at radius 1 is 0.818 bits per heavy atom. The van der Waals surface area contributed by atoms with Crippen LogP contribution in [0.2, 0.25) is 0 Å². The summed E-state index contributed by atoms with van der Waals surface area (Å²) in [6.07, 6.45) is 0. The summed E-state index contributed by atoms with van der Waals surface area (Å²) < 4.78 is 5.30. The van der Waals surface area contributed by atoms with Gasteiger partial charge in [0.25, 0.3) is 11.8 Å². The summed E-state index contributed by atoms with van der Waals surface area (Å²) in [5, 5.41) is 1.89. The molecule has 5 rings (SSSR count). The minimum absolute atomic E-state index is 0.0471. The standard InChI is InChI=1S/C26H27N3O3S/c1-32-23-11-16-33-24(23)26(31)28-14-12-27(13-15-28)22-17-29(18-22)25(30)21-9-7-20(8-10-21)19-5-3-2-4-6-19/h2-11,16,22H,12-15,17-18H2,1H3. The highest BCUT2D eigenvalue weighted by Crippen LogP contribution is 2.27. The lowest BCUT2D eigenvalue weighted by molar-refractivity contribution is 0.00859. The zero-order valence-corrected chi connectivity index (χ0v) is 19.5. The van der Waals surface area contributed by atoms with Gasteiger partial charge in [0.2, 0.25) is 0 Å². The molecule has 2 aliphatic heterocycles. The van der Waals surface area contributed by atoms with Gasteiger partial charge in [-0.1, -0.05) is 42.5 Å². The first kappa shape index (κ1) is 21.7. The molecule has 0 bridgehead atoms. The molecule has 0 spiro atoms. The summed E-state index contributed by atoms with van der Waals surface area (Å²) in [6, 6.07) is 20.2. The van der Waals surface area contributed by atoms with E-state index in [0.29, 0.717) is 29.8 Å². The van der Waals surface area contributed by atoms with Crippen LogP contribution >= 0.6 is 11.3 Å². The smallest absolute Gasteiger partial charge is 0.267 e. The molecule has 3 heterocycles. The van der Waals surface area contributed by atoms with Crippen molar-refractivity contribution in [1.82, 2.24) is 14.7 Å². The third kappa shape index (κ3) is 4.38. The second kappa shape index (κ2) is 9.37. The molecule has 2 fully saturated rings. The van der Waals surface area contributed by atoms with Crippen LogP contribution in [0.4, 0.5) is 0 Å². The number of hydrogen-bond donors (Lipinski definition) is 0. The van der Waals surface area contributed by atoms with E-state index < -0.39 is 0 Å². The normalized spacial score (nSPS) is 17.0. The molecule has 170 valence electrons. The van der Waals surface area contributed by atoms with E-state index in [1.54, 1.807) is 7.11 Å². The van der Waals surface area contributed by atoms with Crippen LogP contribution in [0.25, 0.3) is 11.1 Å². The summed E-state index contributed by atoms with van der Waals surface area (Å²) in [5.74, 6) is 0.785. The van der Waals surface area contributed by atoms with E-state index in [1.165, 1.54) is 11.3 Å². The molecule has 0 radical (unpaired) electrons. The molecular weight excluding hydrogens is 434 g/mol. The number of piperazine rings is 1. The van der Waals surface area contributed by atoms with Crippen molar-refractivity contribution in [3.8, 4) is 16.9 Å².